The van der Waals surface area contributed by atoms with Crippen molar-refractivity contribution in [1.82, 2.24) is 24.6 Å². The molecule has 162 valence electrons. The largest absolute Gasteiger partial charge is 0.352 e. The minimum atomic E-state index is -0.859. The normalized spacial score (nSPS) is 11.0. The molecular weight excluding hydrogens is 425 g/mol. The van der Waals surface area contributed by atoms with Crippen LogP contribution in [-0.4, -0.2) is 52.3 Å². The number of carbonyl (C=O) groups is 1. The molecule has 1 amide bonds. The third-order valence-electron chi connectivity index (χ3n) is 4.42. The smallest absolute Gasteiger partial charge is 0.349 e. The first-order chi connectivity index (χ1) is 14.8. The third-order valence-corrected chi connectivity index (χ3v) is 4.67. The van der Waals surface area contributed by atoms with Gasteiger partial charge in [0.05, 0.1) is 12.2 Å². The Morgan fingerprint density at radius 3 is 2.52 bits per heavy atom. The fourth-order valence-electron chi connectivity index (χ4n) is 2.84. The number of hydrogen-bond acceptors (Lipinski definition) is 5. The van der Waals surface area contributed by atoms with Gasteiger partial charge in [-0.05, 0) is 56.1 Å². The highest BCUT2D eigenvalue weighted by Gasteiger charge is 2.20. The number of benzene rings is 2. The summed E-state index contributed by atoms with van der Waals surface area (Å²) in [6, 6.07) is 11.7. The van der Waals surface area contributed by atoms with Crippen LogP contribution in [0, 0.1) is 5.82 Å². The van der Waals surface area contributed by atoms with Crippen LogP contribution in [0.4, 0.5) is 4.39 Å². The standard InChI is InChI=1S/C21H21ClFN5O3/c1-26(2)11-10-24-19(29)18-20(30)27(13-14-4-3-5-16(23)12-14)21(31)28(25-18)17-8-6-15(22)7-9-17/h3-9,12H,10-11,13H2,1-2H3,(H,24,29). The lowest BCUT2D eigenvalue weighted by atomic mass is 10.2. The second-order valence-corrected chi connectivity index (χ2v) is 7.54. The second kappa shape index (κ2) is 9.67. The van der Waals surface area contributed by atoms with E-state index in [0.717, 1.165) is 9.25 Å². The Labute approximate surface area is 182 Å². The molecule has 3 aromatic rings. The third kappa shape index (κ3) is 5.44. The van der Waals surface area contributed by atoms with E-state index in [-0.39, 0.29) is 13.1 Å². The molecule has 8 nitrogen and oxygen atoms in total. The van der Waals surface area contributed by atoms with Crippen LogP contribution in [0.1, 0.15) is 16.1 Å². The molecule has 0 unspecified atom stereocenters. The minimum absolute atomic E-state index is 0.219. The fourth-order valence-corrected chi connectivity index (χ4v) is 2.97. The van der Waals surface area contributed by atoms with Crippen LogP contribution < -0.4 is 16.6 Å². The molecule has 10 heteroatoms. The van der Waals surface area contributed by atoms with Crippen molar-refractivity contribution in [2.75, 3.05) is 27.2 Å². The van der Waals surface area contributed by atoms with Gasteiger partial charge in [-0.15, -0.1) is 0 Å². The van der Waals surface area contributed by atoms with E-state index in [1.807, 2.05) is 19.0 Å². The zero-order valence-electron chi connectivity index (χ0n) is 17.0. The summed E-state index contributed by atoms with van der Waals surface area (Å²) in [7, 11) is 3.69. The fraction of sp³-hybridized carbons (Fsp3) is 0.238. The topological polar surface area (TPSA) is 89.2 Å². The van der Waals surface area contributed by atoms with E-state index in [9.17, 15) is 18.8 Å². The van der Waals surface area contributed by atoms with E-state index >= 15 is 0 Å². The molecule has 0 radical (unpaired) electrons. The Morgan fingerprint density at radius 1 is 1.16 bits per heavy atom. The first-order valence-corrected chi connectivity index (χ1v) is 9.81. The number of nitrogens with zero attached hydrogens (tertiary/aromatic N) is 4. The predicted molar refractivity (Wildman–Crippen MR) is 115 cm³/mol. The zero-order chi connectivity index (χ0) is 22.5. The zero-order valence-corrected chi connectivity index (χ0v) is 17.8. The molecule has 1 aromatic heterocycles. The van der Waals surface area contributed by atoms with Crippen LogP contribution in [0.2, 0.25) is 5.02 Å². The Kier molecular flexibility index (Phi) is 6.98. The number of nitrogens with one attached hydrogen (secondary N) is 1. The number of amides is 1. The van der Waals surface area contributed by atoms with Crippen molar-refractivity contribution in [2.24, 2.45) is 0 Å². The molecule has 31 heavy (non-hydrogen) atoms. The summed E-state index contributed by atoms with van der Waals surface area (Å²) >= 11 is 5.92. The average molecular weight is 446 g/mol. The summed E-state index contributed by atoms with van der Waals surface area (Å²) in [5.41, 5.74) is -1.34. The van der Waals surface area contributed by atoms with E-state index in [1.54, 1.807) is 30.3 Å². The van der Waals surface area contributed by atoms with Crippen molar-refractivity contribution in [3.63, 3.8) is 0 Å². The average Bonchev–Trinajstić information content (AvgIpc) is 2.72. The summed E-state index contributed by atoms with van der Waals surface area (Å²) in [5, 5.41) is 7.09. The second-order valence-electron chi connectivity index (χ2n) is 7.10. The van der Waals surface area contributed by atoms with Crippen LogP contribution in [0.25, 0.3) is 5.69 Å². The number of aromatic nitrogens is 3. The molecule has 0 saturated carbocycles. The highest BCUT2D eigenvalue weighted by molar-refractivity contribution is 6.30. The SMILES string of the molecule is CN(C)CCNC(=O)c1nn(-c2ccc(Cl)cc2)c(=O)n(Cc2cccc(F)c2)c1=O. The van der Waals surface area contributed by atoms with Gasteiger partial charge in [0.1, 0.15) is 5.82 Å². The Morgan fingerprint density at radius 2 is 1.87 bits per heavy atom. The number of halogens is 2. The van der Waals surface area contributed by atoms with Crippen LogP contribution >= 0.6 is 11.6 Å². The van der Waals surface area contributed by atoms with Crippen molar-refractivity contribution < 1.29 is 9.18 Å². The quantitative estimate of drug-likeness (QED) is 0.595. The Hall–Kier alpha value is -3.30. The van der Waals surface area contributed by atoms with Gasteiger partial charge in [-0.1, -0.05) is 23.7 Å². The van der Waals surface area contributed by atoms with Gasteiger partial charge in [0.2, 0.25) is 5.69 Å². The van der Waals surface area contributed by atoms with Gasteiger partial charge < -0.3 is 10.2 Å². The van der Waals surface area contributed by atoms with Crippen LogP contribution in [0.3, 0.4) is 0 Å². The molecule has 0 spiro atoms. The van der Waals surface area contributed by atoms with E-state index in [4.69, 9.17) is 11.6 Å². The maximum Gasteiger partial charge on any atom is 0.352 e. The van der Waals surface area contributed by atoms with Crippen molar-refractivity contribution in [1.29, 1.82) is 0 Å². The molecule has 0 bridgehead atoms. The summed E-state index contributed by atoms with van der Waals surface area (Å²) < 4.78 is 15.4. The lowest BCUT2D eigenvalue weighted by molar-refractivity contribution is 0.0941. The highest BCUT2D eigenvalue weighted by Crippen LogP contribution is 2.11. The van der Waals surface area contributed by atoms with E-state index in [2.05, 4.69) is 10.4 Å². The maximum atomic E-state index is 13.6. The summed E-state index contributed by atoms with van der Waals surface area (Å²) in [6.07, 6.45) is 0. The minimum Gasteiger partial charge on any atom is -0.349 e. The number of likely N-dealkylation sites (N-methyl/N-ethyl adjacent to an activating group) is 1. The van der Waals surface area contributed by atoms with Crippen molar-refractivity contribution in [3.05, 3.63) is 91.5 Å². The Balaban J connectivity index is 2.10. The number of hydrogen-bond donors (Lipinski definition) is 1. The molecule has 3 rings (SSSR count). The monoisotopic (exact) mass is 445 g/mol. The van der Waals surface area contributed by atoms with Gasteiger partial charge in [-0.25, -0.2) is 9.18 Å². The summed E-state index contributed by atoms with van der Waals surface area (Å²) in [6.45, 7) is 0.625. The van der Waals surface area contributed by atoms with E-state index < -0.39 is 28.7 Å². The van der Waals surface area contributed by atoms with Gasteiger partial charge >= 0.3 is 5.69 Å². The first kappa shape index (κ1) is 22.4. The summed E-state index contributed by atoms with van der Waals surface area (Å²) in [4.78, 5) is 40.5. The van der Waals surface area contributed by atoms with Gasteiger partial charge in [0.25, 0.3) is 11.5 Å². The van der Waals surface area contributed by atoms with Gasteiger partial charge in [-0.2, -0.15) is 9.78 Å². The van der Waals surface area contributed by atoms with Gasteiger partial charge in [0, 0.05) is 18.1 Å². The molecule has 0 saturated heterocycles. The molecule has 0 aliphatic heterocycles. The van der Waals surface area contributed by atoms with Crippen LogP contribution in [-0.2, 0) is 6.54 Å². The molecule has 0 aliphatic rings. The van der Waals surface area contributed by atoms with Gasteiger partial charge in [-0.3, -0.25) is 14.2 Å². The number of carbonyl (C=O) groups excluding carboxylic acids is 1. The van der Waals surface area contributed by atoms with Crippen molar-refractivity contribution >= 4 is 17.5 Å². The van der Waals surface area contributed by atoms with Crippen LogP contribution in [0.15, 0.2) is 58.1 Å². The first-order valence-electron chi connectivity index (χ1n) is 9.44. The van der Waals surface area contributed by atoms with Gasteiger partial charge in [0.15, 0.2) is 0 Å². The Bertz CT molecular complexity index is 1200. The molecule has 0 aliphatic carbocycles. The lowest BCUT2D eigenvalue weighted by Crippen LogP contribution is -2.46. The molecule has 1 heterocycles. The molecule has 1 N–H and O–H groups in total. The van der Waals surface area contributed by atoms with E-state index in [1.165, 1.54) is 18.2 Å². The number of rotatable bonds is 7. The predicted octanol–water partition coefficient (Wildman–Crippen LogP) is 1.53. The molecule has 0 atom stereocenters. The highest BCUT2D eigenvalue weighted by atomic mass is 35.5. The molecule has 2 aromatic carbocycles. The van der Waals surface area contributed by atoms with Crippen molar-refractivity contribution in [3.8, 4) is 5.69 Å². The van der Waals surface area contributed by atoms with Crippen molar-refractivity contribution in [2.45, 2.75) is 6.54 Å². The lowest BCUT2D eigenvalue weighted by Gasteiger charge is -2.13. The molecule has 0 fully saturated rings. The van der Waals surface area contributed by atoms with Crippen LogP contribution in [0.5, 0.6) is 0 Å². The maximum absolute atomic E-state index is 13.6. The summed E-state index contributed by atoms with van der Waals surface area (Å²) in [5.74, 6) is -1.21. The molecular formula is C21H21ClFN5O3. The van der Waals surface area contributed by atoms with E-state index in [0.29, 0.717) is 22.8 Å².